The molecule has 0 aromatic carbocycles. The van der Waals surface area contributed by atoms with Crippen LogP contribution in [0.2, 0.25) is 0 Å². The zero-order chi connectivity index (χ0) is 14.9. The first kappa shape index (κ1) is 15.8. The summed E-state index contributed by atoms with van der Waals surface area (Å²) in [6.45, 7) is 11.1. The topological polar surface area (TPSA) is 15.3 Å². The number of likely N-dealkylation sites (tertiary alicyclic amines) is 1. The highest BCUT2D eigenvalue weighted by Gasteiger charge is 2.41. The number of rotatable bonds is 3. The van der Waals surface area contributed by atoms with Gasteiger partial charge in [-0.1, -0.05) is 40.0 Å². The molecule has 21 heavy (non-hydrogen) atoms. The molecule has 1 saturated heterocycles. The summed E-state index contributed by atoms with van der Waals surface area (Å²) in [6.07, 6.45) is 11.6. The van der Waals surface area contributed by atoms with E-state index < -0.39 is 0 Å². The van der Waals surface area contributed by atoms with Crippen molar-refractivity contribution in [1.82, 2.24) is 10.2 Å². The maximum atomic E-state index is 3.80. The number of nitrogens with zero attached hydrogens (tertiary/aromatic N) is 1. The Bertz CT molecular complexity index is 338. The number of nitrogens with one attached hydrogen (secondary N) is 1. The minimum atomic E-state index is 0.542. The first-order valence-electron chi connectivity index (χ1n) is 9.56. The molecule has 2 saturated carbocycles. The van der Waals surface area contributed by atoms with Gasteiger partial charge in [0.2, 0.25) is 0 Å². The zero-order valence-corrected chi connectivity index (χ0v) is 14.5. The van der Waals surface area contributed by atoms with Gasteiger partial charge in [0.25, 0.3) is 0 Å². The van der Waals surface area contributed by atoms with Gasteiger partial charge in [0, 0.05) is 18.6 Å². The van der Waals surface area contributed by atoms with Crippen LogP contribution in [0.15, 0.2) is 0 Å². The Morgan fingerprint density at radius 2 is 1.81 bits per heavy atom. The molecule has 4 unspecified atom stereocenters. The van der Waals surface area contributed by atoms with Crippen LogP contribution in [0.3, 0.4) is 0 Å². The average Bonchev–Trinajstić information content (AvgIpc) is 2.48. The SMILES string of the molecule is CCNC1CCC(C)(C)CC1N1CCC2CCCCC2C1. The number of hydrogen-bond acceptors (Lipinski definition) is 2. The van der Waals surface area contributed by atoms with Gasteiger partial charge in [-0.05, 0) is 62.4 Å². The third-order valence-corrected chi connectivity index (χ3v) is 6.62. The van der Waals surface area contributed by atoms with Gasteiger partial charge in [0.05, 0.1) is 0 Å². The van der Waals surface area contributed by atoms with Crippen LogP contribution in [0.1, 0.15) is 72.1 Å². The Morgan fingerprint density at radius 1 is 1.05 bits per heavy atom. The second-order valence-corrected chi connectivity index (χ2v) is 8.73. The van der Waals surface area contributed by atoms with E-state index >= 15 is 0 Å². The zero-order valence-electron chi connectivity index (χ0n) is 14.5. The van der Waals surface area contributed by atoms with Gasteiger partial charge in [-0.2, -0.15) is 0 Å². The standard InChI is InChI=1S/C19H36N2/c1-4-20-17-9-11-19(2,3)13-18(17)21-12-10-15-7-5-6-8-16(15)14-21/h15-18,20H,4-14H2,1-3H3. The minimum Gasteiger partial charge on any atom is -0.313 e. The second kappa shape index (κ2) is 6.58. The molecule has 0 spiro atoms. The Morgan fingerprint density at radius 3 is 2.57 bits per heavy atom. The van der Waals surface area contributed by atoms with Gasteiger partial charge < -0.3 is 5.32 Å². The Labute approximate surface area is 132 Å². The summed E-state index contributed by atoms with van der Waals surface area (Å²) in [4.78, 5) is 2.89. The first-order chi connectivity index (χ1) is 10.1. The van der Waals surface area contributed by atoms with Gasteiger partial charge in [-0.25, -0.2) is 0 Å². The lowest BCUT2D eigenvalue weighted by Gasteiger charge is -2.50. The lowest BCUT2D eigenvalue weighted by Crippen LogP contribution is -2.58. The molecule has 3 aliphatic rings. The molecule has 0 aromatic rings. The molecule has 2 heteroatoms. The van der Waals surface area contributed by atoms with E-state index in [0.717, 1.165) is 30.5 Å². The summed E-state index contributed by atoms with van der Waals surface area (Å²) in [5.74, 6) is 2.07. The molecule has 4 atom stereocenters. The molecule has 1 heterocycles. The fourth-order valence-corrected chi connectivity index (χ4v) is 5.36. The van der Waals surface area contributed by atoms with Gasteiger partial charge in [0.15, 0.2) is 0 Å². The average molecular weight is 293 g/mol. The van der Waals surface area contributed by atoms with Gasteiger partial charge in [-0.3, -0.25) is 4.90 Å². The monoisotopic (exact) mass is 292 g/mol. The van der Waals surface area contributed by atoms with Crippen molar-refractivity contribution in [2.45, 2.75) is 84.2 Å². The van der Waals surface area contributed by atoms with Gasteiger partial charge >= 0.3 is 0 Å². The van der Waals surface area contributed by atoms with Crippen molar-refractivity contribution in [2.75, 3.05) is 19.6 Å². The summed E-state index contributed by atoms with van der Waals surface area (Å²) in [5.41, 5.74) is 0.542. The Balaban J connectivity index is 1.67. The van der Waals surface area contributed by atoms with E-state index in [2.05, 4.69) is 31.0 Å². The fraction of sp³-hybridized carbons (Fsp3) is 1.00. The lowest BCUT2D eigenvalue weighted by atomic mass is 9.70. The molecule has 2 nitrogen and oxygen atoms in total. The van der Waals surface area contributed by atoms with Crippen LogP contribution in [0.5, 0.6) is 0 Å². The molecule has 3 rings (SSSR count). The van der Waals surface area contributed by atoms with Crippen LogP contribution in [-0.4, -0.2) is 36.6 Å². The summed E-state index contributed by atoms with van der Waals surface area (Å²) < 4.78 is 0. The number of piperidine rings is 1. The first-order valence-corrected chi connectivity index (χ1v) is 9.56. The van der Waals surface area contributed by atoms with E-state index in [0.29, 0.717) is 5.41 Å². The van der Waals surface area contributed by atoms with Crippen molar-refractivity contribution >= 4 is 0 Å². The van der Waals surface area contributed by atoms with Crippen LogP contribution < -0.4 is 5.32 Å². The van der Waals surface area contributed by atoms with E-state index in [1.54, 1.807) is 0 Å². The summed E-state index contributed by atoms with van der Waals surface area (Å²) in [7, 11) is 0. The van der Waals surface area contributed by atoms with Crippen LogP contribution in [0.4, 0.5) is 0 Å². The second-order valence-electron chi connectivity index (χ2n) is 8.73. The van der Waals surface area contributed by atoms with E-state index in [4.69, 9.17) is 0 Å². The highest BCUT2D eigenvalue weighted by atomic mass is 15.2. The van der Waals surface area contributed by atoms with Crippen molar-refractivity contribution in [2.24, 2.45) is 17.3 Å². The van der Waals surface area contributed by atoms with Gasteiger partial charge in [-0.15, -0.1) is 0 Å². The van der Waals surface area contributed by atoms with Crippen LogP contribution >= 0.6 is 0 Å². The molecule has 3 fully saturated rings. The molecule has 1 aliphatic heterocycles. The molecule has 0 aromatic heterocycles. The third kappa shape index (κ3) is 3.64. The molecule has 0 bridgehead atoms. The number of fused-ring (bicyclic) bond motifs is 1. The predicted molar refractivity (Wildman–Crippen MR) is 90.5 cm³/mol. The molecule has 0 amide bonds. The molecule has 122 valence electrons. The highest BCUT2D eigenvalue weighted by molar-refractivity contribution is 4.97. The molecular formula is C19H36N2. The summed E-state index contributed by atoms with van der Waals surface area (Å²) >= 11 is 0. The van der Waals surface area contributed by atoms with Crippen molar-refractivity contribution in [3.05, 3.63) is 0 Å². The van der Waals surface area contributed by atoms with Crippen LogP contribution in [0.25, 0.3) is 0 Å². The van der Waals surface area contributed by atoms with Gasteiger partial charge in [0.1, 0.15) is 0 Å². The summed E-state index contributed by atoms with van der Waals surface area (Å²) in [6, 6.07) is 1.53. The normalized spacial score (nSPS) is 40.7. The maximum absolute atomic E-state index is 3.80. The van der Waals surface area contributed by atoms with Crippen molar-refractivity contribution in [3.8, 4) is 0 Å². The van der Waals surface area contributed by atoms with Crippen molar-refractivity contribution in [1.29, 1.82) is 0 Å². The smallest absolute Gasteiger partial charge is 0.0254 e. The van der Waals surface area contributed by atoms with Crippen LogP contribution in [-0.2, 0) is 0 Å². The number of hydrogen-bond donors (Lipinski definition) is 1. The number of likely N-dealkylation sites (N-methyl/N-ethyl adjacent to an activating group) is 1. The van der Waals surface area contributed by atoms with Crippen LogP contribution in [0, 0.1) is 17.3 Å². The van der Waals surface area contributed by atoms with E-state index in [9.17, 15) is 0 Å². The molecule has 0 radical (unpaired) electrons. The lowest BCUT2D eigenvalue weighted by molar-refractivity contribution is 0.00681. The minimum absolute atomic E-state index is 0.542. The Kier molecular flexibility index (Phi) is 4.95. The third-order valence-electron chi connectivity index (χ3n) is 6.62. The molecule has 1 N–H and O–H groups in total. The largest absolute Gasteiger partial charge is 0.313 e. The van der Waals surface area contributed by atoms with Crippen molar-refractivity contribution < 1.29 is 0 Å². The molecule has 2 aliphatic carbocycles. The summed E-state index contributed by atoms with van der Waals surface area (Å²) in [5, 5.41) is 3.80. The Hall–Kier alpha value is -0.0800. The quantitative estimate of drug-likeness (QED) is 0.844. The van der Waals surface area contributed by atoms with E-state index in [1.807, 2.05) is 0 Å². The fourth-order valence-electron chi connectivity index (χ4n) is 5.36. The van der Waals surface area contributed by atoms with Crippen molar-refractivity contribution in [3.63, 3.8) is 0 Å². The predicted octanol–water partition coefficient (Wildman–Crippen LogP) is 4.06. The highest BCUT2D eigenvalue weighted by Crippen LogP contribution is 2.41. The molecular weight excluding hydrogens is 256 g/mol. The maximum Gasteiger partial charge on any atom is 0.0254 e. The van der Waals surface area contributed by atoms with E-state index in [1.165, 1.54) is 64.5 Å². The van der Waals surface area contributed by atoms with E-state index in [-0.39, 0.29) is 0 Å².